The molecule has 0 aliphatic rings. The van der Waals surface area contributed by atoms with Crippen molar-refractivity contribution in [3.8, 4) is 16.9 Å². The maximum absolute atomic E-state index is 12.6. The third kappa shape index (κ3) is 3.76. The average Bonchev–Trinajstić information content (AvgIpc) is 3.14. The van der Waals surface area contributed by atoms with E-state index in [1.54, 1.807) is 42.5 Å². The summed E-state index contributed by atoms with van der Waals surface area (Å²) in [6.45, 7) is 0. The number of benzene rings is 3. The van der Waals surface area contributed by atoms with Gasteiger partial charge in [0.15, 0.2) is 5.82 Å². The van der Waals surface area contributed by atoms with Gasteiger partial charge < -0.3 is 5.32 Å². The smallest absolute Gasteiger partial charge is 0.256 e. The van der Waals surface area contributed by atoms with Crippen molar-refractivity contribution in [3.63, 3.8) is 0 Å². The first-order valence-corrected chi connectivity index (χ1v) is 9.22. The molecule has 0 aliphatic heterocycles. The van der Waals surface area contributed by atoms with E-state index in [2.05, 4.69) is 15.5 Å². The Bertz CT molecular complexity index is 1130. The maximum Gasteiger partial charge on any atom is 0.256 e. The van der Waals surface area contributed by atoms with E-state index in [0.29, 0.717) is 32.8 Å². The summed E-state index contributed by atoms with van der Waals surface area (Å²) in [4.78, 5) is 14.0. The van der Waals surface area contributed by atoms with Crippen molar-refractivity contribution in [1.29, 1.82) is 0 Å². The molecule has 5 nitrogen and oxygen atoms in total. The second kappa shape index (κ2) is 7.84. The van der Waals surface area contributed by atoms with Crippen LogP contribution in [0.5, 0.6) is 0 Å². The summed E-state index contributed by atoms with van der Waals surface area (Å²) in [5.41, 5.74) is 2.39. The second-order valence-electron chi connectivity index (χ2n) is 5.97. The lowest BCUT2D eigenvalue weighted by Gasteiger charge is -2.04. The third-order valence-electron chi connectivity index (χ3n) is 4.05. The Hall–Kier alpha value is -3.15. The minimum atomic E-state index is -0.276. The van der Waals surface area contributed by atoms with Gasteiger partial charge in [0.25, 0.3) is 5.91 Å². The molecule has 0 saturated carbocycles. The van der Waals surface area contributed by atoms with Crippen molar-refractivity contribution in [2.75, 3.05) is 5.32 Å². The number of carbonyl (C=O) groups is 1. The van der Waals surface area contributed by atoms with Crippen molar-refractivity contribution in [2.24, 2.45) is 0 Å². The van der Waals surface area contributed by atoms with Gasteiger partial charge in [-0.1, -0.05) is 71.7 Å². The van der Waals surface area contributed by atoms with Crippen molar-refractivity contribution in [3.05, 3.63) is 94.5 Å². The Balaban J connectivity index is 1.79. The van der Waals surface area contributed by atoms with E-state index < -0.39 is 0 Å². The number of nitrogens with zero attached hydrogens (tertiary/aromatic N) is 3. The van der Waals surface area contributed by atoms with Crippen molar-refractivity contribution in [2.45, 2.75) is 0 Å². The minimum Gasteiger partial charge on any atom is -0.303 e. The normalized spacial score (nSPS) is 10.6. The lowest BCUT2D eigenvalue weighted by atomic mass is 10.1. The van der Waals surface area contributed by atoms with Crippen LogP contribution < -0.4 is 5.32 Å². The Morgan fingerprint density at radius 3 is 2.25 bits per heavy atom. The molecular weight excluding hydrogens is 395 g/mol. The highest BCUT2D eigenvalue weighted by Gasteiger charge is 2.18. The zero-order chi connectivity index (χ0) is 19.5. The molecule has 1 N–H and O–H groups in total. The monoisotopic (exact) mass is 408 g/mol. The van der Waals surface area contributed by atoms with Crippen molar-refractivity contribution < 1.29 is 4.79 Å². The number of nitrogens with one attached hydrogen (secondary N) is 1. The standard InChI is InChI=1S/C21H14Cl2N4O/c22-16-11-12-17(23)18(13-16)27-25-19(14-7-3-1-4-8-14)20(26-27)24-21(28)15-9-5-2-6-10-15/h1-13H,(H,24,26,28). The van der Waals surface area contributed by atoms with Crippen molar-refractivity contribution in [1.82, 2.24) is 15.0 Å². The fourth-order valence-corrected chi connectivity index (χ4v) is 3.06. The molecule has 1 aromatic heterocycles. The van der Waals surface area contributed by atoms with Gasteiger partial charge in [-0.05, 0) is 30.3 Å². The summed E-state index contributed by atoms with van der Waals surface area (Å²) in [6, 6.07) is 23.4. The fourth-order valence-electron chi connectivity index (χ4n) is 2.70. The molecule has 0 bridgehead atoms. The molecule has 0 unspecified atom stereocenters. The molecule has 0 atom stereocenters. The molecule has 0 radical (unpaired) electrons. The third-order valence-corrected chi connectivity index (χ3v) is 4.61. The van der Waals surface area contributed by atoms with Gasteiger partial charge in [-0.2, -0.15) is 0 Å². The van der Waals surface area contributed by atoms with Crippen LogP contribution >= 0.6 is 23.2 Å². The molecule has 1 heterocycles. The van der Waals surface area contributed by atoms with Crippen LogP contribution in [-0.2, 0) is 0 Å². The molecule has 28 heavy (non-hydrogen) atoms. The van der Waals surface area contributed by atoms with Gasteiger partial charge in [0, 0.05) is 16.1 Å². The molecule has 7 heteroatoms. The number of hydrogen-bond acceptors (Lipinski definition) is 3. The second-order valence-corrected chi connectivity index (χ2v) is 6.81. The Morgan fingerprint density at radius 2 is 1.54 bits per heavy atom. The van der Waals surface area contributed by atoms with Gasteiger partial charge in [-0.25, -0.2) is 0 Å². The van der Waals surface area contributed by atoms with E-state index in [0.717, 1.165) is 5.56 Å². The largest absolute Gasteiger partial charge is 0.303 e. The molecule has 0 fully saturated rings. The van der Waals surface area contributed by atoms with Gasteiger partial charge in [-0.3, -0.25) is 4.79 Å². The van der Waals surface area contributed by atoms with E-state index in [1.807, 2.05) is 36.4 Å². The van der Waals surface area contributed by atoms with Crippen LogP contribution in [0.4, 0.5) is 5.82 Å². The number of carbonyl (C=O) groups excluding carboxylic acids is 1. The van der Waals surface area contributed by atoms with E-state index in [1.165, 1.54) is 4.80 Å². The molecule has 0 saturated heterocycles. The van der Waals surface area contributed by atoms with Crippen LogP contribution in [0.25, 0.3) is 16.9 Å². The van der Waals surface area contributed by atoms with Gasteiger partial charge >= 0.3 is 0 Å². The highest BCUT2D eigenvalue weighted by molar-refractivity contribution is 6.34. The van der Waals surface area contributed by atoms with E-state index in [9.17, 15) is 4.79 Å². The predicted octanol–water partition coefficient (Wildman–Crippen LogP) is 5.49. The molecule has 4 aromatic rings. The molecule has 3 aromatic carbocycles. The van der Waals surface area contributed by atoms with Gasteiger partial charge in [-0.15, -0.1) is 15.0 Å². The molecular formula is C21H14Cl2N4O. The number of amides is 1. The Kier molecular flexibility index (Phi) is 5.10. The van der Waals surface area contributed by atoms with Gasteiger partial charge in [0.05, 0.1) is 5.02 Å². The van der Waals surface area contributed by atoms with E-state index >= 15 is 0 Å². The maximum atomic E-state index is 12.6. The quantitative estimate of drug-likeness (QED) is 0.485. The Morgan fingerprint density at radius 1 is 0.857 bits per heavy atom. The minimum absolute atomic E-state index is 0.276. The average molecular weight is 409 g/mol. The zero-order valence-corrected chi connectivity index (χ0v) is 16.0. The van der Waals surface area contributed by atoms with E-state index in [4.69, 9.17) is 23.2 Å². The first kappa shape index (κ1) is 18.2. The van der Waals surface area contributed by atoms with Crippen LogP contribution in [0, 0.1) is 0 Å². The van der Waals surface area contributed by atoms with Crippen LogP contribution in [0.2, 0.25) is 10.0 Å². The highest BCUT2D eigenvalue weighted by atomic mass is 35.5. The summed E-state index contributed by atoms with van der Waals surface area (Å²) in [5.74, 6) is 0.0538. The van der Waals surface area contributed by atoms with Crippen LogP contribution in [0.3, 0.4) is 0 Å². The fraction of sp³-hybridized carbons (Fsp3) is 0. The molecule has 1 amide bonds. The lowest BCUT2D eigenvalue weighted by molar-refractivity contribution is 0.102. The first-order valence-electron chi connectivity index (χ1n) is 8.46. The van der Waals surface area contributed by atoms with Gasteiger partial charge in [0.2, 0.25) is 0 Å². The molecule has 0 spiro atoms. The molecule has 0 aliphatic carbocycles. The van der Waals surface area contributed by atoms with Gasteiger partial charge in [0.1, 0.15) is 11.4 Å². The van der Waals surface area contributed by atoms with Crippen LogP contribution in [-0.4, -0.2) is 20.9 Å². The van der Waals surface area contributed by atoms with Crippen LogP contribution in [0.15, 0.2) is 78.9 Å². The highest BCUT2D eigenvalue weighted by Crippen LogP contribution is 2.29. The predicted molar refractivity (Wildman–Crippen MR) is 111 cm³/mol. The first-order chi connectivity index (χ1) is 13.6. The summed E-state index contributed by atoms with van der Waals surface area (Å²) in [6.07, 6.45) is 0. The summed E-state index contributed by atoms with van der Waals surface area (Å²) in [5, 5.41) is 12.8. The Labute approximate surface area is 171 Å². The number of hydrogen-bond donors (Lipinski definition) is 1. The lowest BCUT2D eigenvalue weighted by Crippen LogP contribution is -2.13. The van der Waals surface area contributed by atoms with Crippen molar-refractivity contribution >= 4 is 34.9 Å². The SMILES string of the molecule is O=C(Nc1nn(-c2cc(Cl)ccc2Cl)nc1-c1ccccc1)c1ccccc1. The molecule has 4 rings (SSSR count). The zero-order valence-electron chi connectivity index (χ0n) is 14.5. The van der Waals surface area contributed by atoms with E-state index in [-0.39, 0.29) is 5.91 Å². The van der Waals surface area contributed by atoms with Crippen LogP contribution in [0.1, 0.15) is 10.4 Å². The molecule has 138 valence electrons. The summed E-state index contributed by atoms with van der Waals surface area (Å²) in [7, 11) is 0. The summed E-state index contributed by atoms with van der Waals surface area (Å²) >= 11 is 12.4. The number of anilines is 1. The number of rotatable bonds is 4. The topological polar surface area (TPSA) is 59.8 Å². The number of aromatic nitrogens is 3. The summed E-state index contributed by atoms with van der Waals surface area (Å²) < 4.78 is 0. The number of halogens is 2.